The highest BCUT2D eigenvalue weighted by atomic mass is 32.2. The summed E-state index contributed by atoms with van der Waals surface area (Å²) in [5, 5.41) is 2.54. The molecular formula is C15H15NO4S. The van der Waals surface area contributed by atoms with Crippen LogP contribution in [0, 0.1) is 0 Å². The second-order valence-electron chi connectivity index (χ2n) is 4.35. The van der Waals surface area contributed by atoms with Crippen molar-refractivity contribution in [3.63, 3.8) is 0 Å². The van der Waals surface area contributed by atoms with Gasteiger partial charge in [-0.25, -0.2) is 8.42 Å². The predicted molar refractivity (Wildman–Crippen MR) is 80.1 cm³/mol. The van der Waals surface area contributed by atoms with Crippen molar-refractivity contribution in [1.82, 2.24) is 0 Å². The topological polar surface area (TPSA) is 72.5 Å². The molecule has 0 heterocycles. The van der Waals surface area contributed by atoms with Gasteiger partial charge in [0.25, 0.3) is 0 Å². The van der Waals surface area contributed by atoms with Gasteiger partial charge >= 0.3 is 0 Å². The molecule has 0 aliphatic rings. The molecule has 0 radical (unpaired) electrons. The zero-order valence-electron chi connectivity index (χ0n) is 11.4. The van der Waals surface area contributed by atoms with Gasteiger partial charge in [-0.2, -0.15) is 0 Å². The fraction of sp³-hybridized carbons (Fsp3) is 0.133. The van der Waals surface area contributed by atoms with Gasteiger partial charge in [0, 0.05) is 11.8 Å². The number of carbonyl (C=O) groups is 1. The number of methoxy groups -OCH3 is 1. The van der Waals surface area contributed by atoms with Crippen LogP contribution in [0.2, 0.25) is 0 Å². The summed E-state index contributed by atoms with van der Waals surface area (Å²) in [7, 11) is -2.12. The standard InChI is InChI=1S/C15H15NO4S/c1-20-13-7-5-6-12(10-13)16-15(17)11-21(18,19)14-8-3-2-4-9-14/h2-10H,11H2,1H3,(H,16,17). The highest BCUT2D eigenvalue weighted by Gasteiger charge is 2.19. The van der Waals surface area contributed by atoms with Crippen LogP contribution in [0.1, 0.15) is 0 Å². The summed E-state index contributed by atoms with van der Waals surface area (Å²) in [6.07, 6.45) is 0. The minimum atomic E-state index is -3.64. The van der Waals surface area contributed by atoms with E-state index >= 15 is 0 Å². The second-order valence-corrected chi connectivity index (χ2v) is 6.34. The van der Waals surface area contributed by atoms with E-state index in [1.807, 2.05) is 0 Å². The van der Waals surface area contributed by atoms with Crippen LogP contribution in [0.4, 0.5) is 5.69 Å². The number of benzene rings is 2. The molecule has 0 aromatic heterocycles. The molecule has 5 nitrogen and oxygen atoms in total. The SMILES string of the molecule is COc1cccc(NC(=O)CS(=O)(=O)c2ccccc2)c1. The van der Waals surface area contributed by atoms with Gasteiger partial charge in [-0.3, -0.25) is 4.79 Å². The van der Waals surface area contributed by atoms with E-state index in [9.17, 15) is 13.2 Å². The minimum absolute atomic E-state index is 0.130. The number of anilines is 1. The van der Waals surface area contributed by atoms with Crippen LogP contribution in [0.25, 0.3) is 0 Å². The molecule has 2 rings (SSSR count). The largest absolute Gasteiger partial charge is 0.497 e. The number of nitrogens with one attached hydrogen (secondary N) is 1. The fourth-order valence-corrected chi connectivity index (χ4v) is 2.94. The van der Waals surface area contributed by atoms with Crippen LogP contribution in [0.3, 0.4) is 0 Å². The van der Waals surface area contributed by atoms with Crippen molar-refractivity contribution >= 4 is 21.4 Å². The normalized spacial score (nSPS) is 10.9. The average molecular weight is 305 g/mol. The molecule has 0 bridgehead atoms. The molecule has 0 saturated carbocycles. The Balaban J connectivity index is 2.08. The summed E-state index contributed by atoms with van der Waals surface area (Å²) in [4.78, 5) is 12.0. The molecule has 1 amide bonds. The quantitative estimate of drug-likeness (QED) is 0.918. The number of sulfone groups is 1. The molecule has 0 aliphatic carbocycles. The first-order valence-corrected chi connectivity index (χ1v) is 7.88. The molecule has 0 aliphatic heterocycles. The molecule has 0 spiro atoms. The predicted octanol–water partition coefficient (Wildman–Crippen LogP) is 2.11. The third kappa shape index (κ3) is 4.06. The molecule has 2 aromatic carbocycles. The Kier molecular flexibility index (Phi) is 4.59. The van der Waals surface area contributed by atoms with Crippen LogP contribution >= 0.6 is 0 Å². The van der Waals surface area contributed by atoms with Crippen LogP contribution in [0.15, 0.2) is 59.5 Å². The monoisotopic (exact) mass is 305 g/mol. The minimum Gasteiger partial charge on any atom is -0.497 e. The second kappa shape index (κ2) is 6.41. The first-order valence-electron chi connectivity index (χ1n) is 6.23. The smallest absolute Gasteiger partial charge is 0.239 e. The third-order valence-corrected chi connectivity index (χ3v) is 4.41. The Morgan fingerprint density at radius 1 is 1.10 bits per heavy atom. The van der Waals surface area contributed by atoms with Crippen LogP contribution in [0.5, 0.6) is 5.75 Å². The summed E-state index contributed by atoms with van der Waals surface area (Å²) >= 11 is 0. The number of rotatable bonds is 5. The summed E-state index contributed by atoms with van der Waals surface area (Å²) in [5.74, 6) is -0.611. The first kappa shape index (κ1) is 15.1. The first-order chi connectivity index (χ1) is 10.0. The summed E-state index contributed by atoms with van der Waals surface area (Å²) in [6, 6.07) is 14.6. The number of amides is 1. The van der Waals surface area contributed by atoms with Crippen molar-refractivity contribution in [2.45, 2.75) is 4.90 Å². The Labute approximate surface area is 123 Å². The zero-order chi connectivity index (χ0) is 15.3. The van der Waals surface area contributed by atoms with E-state index in [1.54, 1.807) is 42.5 Å². The molecule has 1 N–H and O–H groups in total. The lowest BCUT2D eigenvalue weighted by Crippen LogP contribution is -2.23. The van der Waals surface area contributed by atoms with Crippen LogP contribution in [-0.4, -0.2) is 27.2 Å². The lowest BCUT2D eigenvalue weighted by atomic mass is 10.3. The lowest BCUT2D eigenvalue weighted by Gasteiger charge is -2.07. The molecule has 110 valence electrons. The summed E-state index contributed by atoms with van der Waals surface area (Å²) in [5.41, 5.74) is 0.489. The van der Waals surface area contributed by atoms with Crippen molar-refractivity contribution in [3.05, 3.63) is 54.6 Å². The Hall–Kier alpha value is -2.34. The maximum absolute atomic E-state index is 12.1. The average Bonchev–Trinajstić information content (AvgIpc) is 2.47. The molecule has 6 heteroatoms. The van der Waals surface area contributed by atoms with Gasteiger partial charge in [-0.1, -0.05) is 24.3 Å². The van der Waals surface area contributed by atoms with Crippen LogP contribution < -0.4 is 10.1 Å². The lowest BCUT2D eigenvalue weighted by molar-refractivity contribution is -0.113. The zero-order valence-corrected chi connectivity index (χ0v) is 12.3. The summed E-state index contributed by atoms with van der Waals surface area (Å²) in [6.45, 7) is 0. The molecule has 0 saturated heterocycles. The molecule has 21 heavy (non-hydrogen) atoms. The van der Waals surface area contributed by atoms with Crippen LogP contribution in [-0.2, 0) is 14.6 Å². The van der Waals surface area contributed by atoms with Gasteiger partial charge in [0.15, 0.2) is 9.84 Å². The van der Waals surface area contributed by atoms with Crippen molar-refractivity contribution < 1.29 is 17.9 Å². The van der Waals surface area contributed by atoms with E-state index in [2.05, 4.69) is 5.32 Å². The van der Waals surface area contributed by atoms with E-state index in [0.717, 1.165) is 0 Å². The van der Waals surface area contributed by atoms with E-state index in [4.69, 9.17) is 4.74 Å². The van der Waals surface area contributed by atoms with Crippen molar-refractivity contribution in [2.75, 3.05) is 18.2 Å². The maximum Gasteiger partial charge on any atom is 0.239 e. The Morgan fingerprint density at radius 2 is 1.81 bits per heavy atom. The molecular weight excluding hydrogens is 290 g/mol. The highest BCUT2D eigenvalue weighted by Crippen LogP contribution is 2.17. The number of carbonyl (C=O) groups excluding carboxylic acids is 1. The van der Waals surface area contributed by atoms with Gasteiger partial charge in [-0.05, 0) is 24.3 Å². The van der Waals surface area contributed by atoms with Gasteiger partial charge < -0.3 is 10.1 Å². The molecule has 2 aromatic rings. The van der Waals surface area contributed by atoms with Crippen molar-refractivity contribution in [1.29, 1.82) is 0 Å². The van der Waals surface area contributed by atoms with E-state index in [0.29, 0.717) is 11.4 Å². The van der Waals surface area contributed by atoms with Gasteiger partial charge in [-0.15, -0.1) is 0 Å². The van der Waals surface area contributed by atoms with Crippen molar-refractivity contribution in [2.24, 2.45) is 0 Å². The van der Waals surface area contributed by atoms with E-state index in [-0.39, 0.29) is 4.90 Å². The van der Waals surface area contributed by atoms with Gasteiger partial charge in [0.1, 0.15) is 11.5 Å². The van der Waals surface area contributed by atoms with Gasteiger partial charge in [0.05, 0.1) is 12.0 Å². The Morgan fingerprint density at radius 3 is 2.48 bits per heavy atom. The molecule has 0 atom stereocenters. The van der Waals surface area contributed by atoms with E-state index in [1.165, 1.54) is 19.2 Å². The molecule has 0 unspecified atom stereocenters. The number of hydrogen-bond donors (Lipinski definition) is 1. The summed E-state index contributed by atoms with van der Waals surface area (Å²) < 4.78 is 29.2. The molecule has 0 fully saturated rings. The van der Waals surface area contributed by atoms with E-state index < -0.39 is 21.5 Å². The third-order valence-electron chi connectivity index (χ3n) is 2.78. The fourth-order valence-electron chi connectivity index (χ4n) is 1.78. The van der Waals surface area contributed by atoms with Gasteiger partial charge in [0.2, 0.25) is 5.91 Å². The Bertz CT molecular complexity index is 726. The number of hydrogen-bond acceptors (Lipinski definition) is 4. The maximum atomic E-state index is 12.1. The highest BCUT2D eigenvalue weighted by molar-refractivity contribution is 7.92. The number of ether oxygens (including phenoxy) is 1. The van der Waals surface area contributed by atoms with Crippen molar-refractivity contribution in [3.8, 4) is 5.75 Å².